The van der Waals surface area contributed by atoms with Crippen molar-refractivity contribution in [3.05, 3.63) is 59.4 Å². The van der Waals surface area contributed by atoms with Crippen molar-refractivity contribution < 1.29 is 18.7 Å². The molecule has 0 fully saturated rings. The van der Waals surface area contributed by atoms with Crippen LogP contribution in [-0.2, 0) is 17.6 Å². The number of carbonyl (C=O) groups is 2. The maximum atomic E-state index is 12.2. The van der Waals surface area contributed by atoms with E-state index in [1.807, 2.05) is 18.2 Å². The van der Waals surface area contributed by atoms with Gasteiger partial charge < -0.3 is 14.5 Å². The molecule has 1 aliphatic rings. The Morgan fingerprint density at radius 3 is 2.81 bits per heavy atom. The van der Waals surface area contributed by atoms with Gasteiger partial charge in [-0.15, -0.1) is 0 Å². The lowest BCUT2D eigenvalue weighted by molar-refractivity contribution is -0.118. The molecule has 4 rings (SSSR count). The van der Waals surface area contributed by atoms with E-state index >= 15 is 0 Å². The van der Waals surface area contributed by atoms with Crippen LogP contribution in [0.5, 0.6) is 5.75 Å². The molecule has 1 aliphatic carbocycles. The minimum Gasteiger partial charge on any atom is -0.484 e. The van der Waals surface area contributed by atoms with E-state index in [9.17, 15) is 9.59 Å². The lowest BCUT2D eigenvalue weighted by atomic mass is 9.96. The Labute approximate surface area is 157 Å². The summed E-state index contributed by atoms with van der Waals surface area (Å²) >= 11 is 0. The molecule has 27 heavy (non-hydrogen) atoms. The predicted molar refractivity (Wildman–Crippen MR) is 103 cm³/mol. The quantitative estimate of drug-likeness (QED) is 0.676. The topological polar surface area (TPSA) is 68.5 Å². The van der Waals surface area contributed by atoms with Crippen LogP contribution in [0.2, 0.25) is 0 Å². The summed E-state index contributed by atoms with van der Waals surface area (Å²) in [7, 11) is 0. The number of Topliss-reactive ketones (excluding diaryl/α,β-unsaturated/α-hetero) is 1. The minimum atomic E-state index is -0.273. The molecule has 0 bridgehead atoms. The average Bonchev–Trinajstić information content (AvgIpc) is 3.04. The molecule has 3 aromatic rings. The molecule has 1 amide bonds. The van der Waals surface area contributed by atoms with Crippen LogP contribution < -0.4 is 10.1 Å². The molecule has 0 spiro atoms. The molecule has 0 aliphatic heterocycles. The second kappa shape index (κ2) is 7.27. The van der Waals surface area contributed by atoms with Gasteiger partial charge in [0.1, 0.15) is 17.1 Å². The minimum absolute atomic E-state index is 0.0425. The first-order valence-electron chi connectivity index (χ1n) is 9.18. The number of furan rings is 1. The van der Waals surface area contributed by atoms with Crippen molar-refractivity contribution >= 4 is 28.3 Å². The molecule has 0 saturated heterocycles. The van der Waals surface area contributed by atoms with Crippen LogP contribution >= 0.6 is 0 Å². The highest BCUT2D eigenvalue weighted by Gasteiger charge is 2.18. The predicted octanol–water partition coefficient (Wildman–Crippen LogP) is 4.53. The SMILES string of the molecule is CC(=O)c1cccc(NC(=O)COc2ccc3oc4c(c3c2)CCCC4)c1. The summed E-state index contributed by atoms with van der Waals surface area (Å²) in [5, 5.41) is 3.84. The maximum Gasteiger partial charge on any atom is 0.262 e. The van der Waals surface area contributed by atoms with Crippen LogP contribution in [0.4, 0.5) is 5.69 Å². The zero-order valence-corrected chi connectivity index (χ0v) is 15.2. The Bertz CT molecular complexity index is 1020. The van der Waals surface area contributed by atoms with Gasteiger partial charge in [0, 0.05) is 28.6 Å². The number of carbonyl (C=O) groups excluding carboxylic acids is 2. The number of ketones is 1. The van der Waals surface area contributed by atoms with Gasteiger partial charge in [-0.25, -0.2) is 0 Å². The highest BCUT2D eigenvalue weighted by molar-refractivity contribution is 5.97. The molecule has 138 valence electrons. The molecule has 1 heterocycles. The fraction of sp³-hybridized carbons (Fsp3) is 0.273. The van der Waals surface area contributed by atoms with Crippen molar-refractivity contribution in [2.24, 2.45) is 0 Å². The zero-order chi connectivity index (χ0) is 18.8. The summed E-state index contributed by atoms with van der Waals surface area (Å²) in [6.07, 6.45) is 4.36. The first-order valence-corrected chi connectivity index (χ1v) is 9.18. The average molecular weight is 363 g/mol. The van der Waals surface area contributed by atoms with Gasteiger partial charge in [0.15, 0.2) is 12.4 Å². The van der Waals surface area contributed by atoms with E-state index in [-0.39, 0.29) is 18.3 Å². The molecule has 0 unspecified atom stereocenters. The van der Waals surface area contributed by atoms with Crippen LogP contribution in [0.25, 0.3) is 11.0 Å². The van der Waals surface area contributed by atoms with E-state index in [4.69, 9.17) is 9.15 Å². The van der Waals surface area contributed by atoms with Crippen LogP contribution in [0.15, 0.2) is 46.9 Å². The fourth-order valence-corrected chi connectivity index (χ4v) is 3.49. The number of benzene rings is 2. The Morgan fingerprint density at radius 2 is 1.96 bits per heavy atom. The van der Waals surface area contributed by atoms with Gasteiger partial charge >= 0.3 is 0 Å². The summed E-state index contributed by atoms with van der Waals surface area (Å²) in [6.45, 7) is 1.39. The highest BCUT2D eigenvalue weighted by Crippen LogP contribution is 2.33. The summed E-state index contributed by atoms with van der Waals surface area (Å²) in [5.41, 5.74) is 3.28. The number of aryl methyl sites for hydroxylation is 2. The number of anilines is 1. The number of fused-ring (bicyclic) bond motifs is 3. The molecule has 2 aromatic carbocycles. The van der Waals surface area contributed by atoms with E-state index in [0.717, 1.165) is 29.6 Å². The van der Waals surface area contributed by atoms with Crippen LogP contribution in [0.3, 0.4) is 0 Å². The zero-order valence-electron chi connectivity index (χ0n) is 15.2. The van der Waals surface area contributed by atoms with Crippen molar-refractivity contribution in [1.29, 1.82) is 0 Å². The third-order valence-electron chi connectivity index (χ3n) is 4.85. The van der Waals surface area contributed by atoms with Gasteiger partial charge in [-0.05, 0) is 56.5 Å². The Balaban J connectivity index is 1.43. The van der Waals surface area contributed by atoms with Gasteiger partial charge in [-0.3, -0.25) is 9.59 Å². The summed E-state index contributed by atoms with van der Waals surface area (Å²) in [4.78, 5) is 23.6. The van der Waals surface area contributed by atoms with Crippen molar-refractivity contribution in [1.82, 2.24) is 0 Å². The van der Waals surface area contributed by atoms with Crippen LogP contribution in [-0.4, -0.2) is 18.3 Å². The van der Waals surface area contributed by atoms with Gasteiger partial charge in [-0.1, -0.05) is 12.1 Å². The monoisotopic (exact) mass is 363 g/mol. The van der Waals surface area contributed by atoms with Crippen LogP contribution in [0.1, 0.15) is 41.4 Å². The molecular weight excluding hydrogens is 342 g/mol. The summed E-state index contributed by atoms with van der Waals surface area (Å²) in [5.74, 6) is 1.41. The van der Waals surface area contributed by atoms with Crippen molar-refractivity contribution in [2.75, 3.05) is 11.9 Å². The molecule has 5 nitrogen and oxygen atoms in total. The van der Waals surface area contributed by atoms with Gasteiger partial charge in [-0.2, -0.15) is 0 Å². The molecule has 0 saturated carbocycles. The Hall–Kier alpha value is -3.08. The number of rotatable bonds is 5. The third kappa shape index (κ3) is 3.72. The van der Waals surface area contributed by atoms with E-state index in [2.05, 4.69) is 5.32 Å². The van der Waals surface area contributed by atoms with Crippen molar-refractivity contribution in [3.63, 3.8) is 0 Å². The molecule has 5 heteroatoms. The second-order valence-corrected chi connectivity index (χ2v) is 6.84. The molecule has 1 N–H and O–H groups in total. The van der Waals surface area contributed by atoms with E-state index in [0.29, 0.717) is 17.0 Å². The van der Waals surface area contributed by atoms with E-state index in [1.165, 1.54) is 25.3 Å². The standard InChI is InChI=1S/C22H21NO4/c1-14(24)15-5-4-6-16(11-15)23-22(25)13-26-17-9-10-21-19(12-17)18-7-2-3-8-20(18)27-21/h4-6,9-12H,2-3,7-8,13H2,1H3,(H,23,25). The largest absolute Gasteiger partial charge is 0.484 e. The Kier molecular flexibility index (Phi) is 4.67. The van der Waals surface area contributed by atoms with Gasteiger partial charge in [0.05, 0.1) is 0 Å². The fourth-order valence-electron chi connectivity index (χ4n) is 3.49. The number of nitrogens with one attached hydrogen (secondary N) is 1. The maximum absolute atomic E-state index is 12.2. The third-order valence-corrected chi connectivity index (χ3v) is 4.85. The van der Waals surface area contributed by atoms with Gasteiger partial charge in [0.2, 0.25) is 0 Å². The first kappa shape index (κ1) is 17.3. The lowest BCUT2D eigenvalue weighted by Crippen LogP contribution is -2.20. The number of hydrogen-bond acceptors (Lipinski definition) is 4. The first-order chi connectivity index (χ1) is 13.1. The molecule has 0 atom stereocenters. The Morgan fingerprint density at radius 1 is 1.11 bits per heavy atom. The van der Waals surface area contributed by atoms with Gasteiger partial charge in [0.25, 0.3) is 5.91 Å². The van der Waals surface area contributed by atoms with Crippen molar-refractivity contribution in [2.45, 2.75) is 32.6 Å². The smallest absolute Gasteiger partial charge is 0.262 e. The molecular formula is C22H21NO4. The lowest BCUT2D eigenvalue weighted by Gasteiger charge is -2.10. The normalized spacial score (nSPS) is 13.2. The number of ether oxygens (including phenoxy) is 1. The second-order valence-electron chi connectivity index (χ2n) is 6.84. The van der Waals surface area contributed by atoms with Crippen molar-refractivity contribution in [3.8, 4) is 5.75 Å². The number of amides is 1. The summed E-state index contributed by atoms with van der Waals surface area (Å²) in [6, 6.07) is 12.5. The van der Waals surface area contributed by atoms with E-state index in [1.54, 1.807) is 24.3 Å². The van der Waals surface area contributed by atoms with Crippen LogP contribution in [0, 0.1) is 0 Å². The number of hydrogen-bond donors (Lipinski definition) is 1. The van der Waals surface area contributed by atoms with E-state index < -0.39 is 0 Å². The molecule has 0 radical (unpaired) electrons. The summed E-state index contributed by atoms with van der Waals surface area (Å²) < 4.78 is 11.6. The highest BCUT2D eigenvalue weighted by atomic mass is 16.5. The molecule has 1 aromatic heterocycles.